The molecule has 0 saturated heterocycles. The molecular formula is C28H25N3O5S. The Kier molecular flexibility index (Phi) is 6.20. The third-order valence-corrected chi connectivity index (χ3v) is 7.56. The standard InChI is InChI=1S/C28H25N3O5S/c1-17-6-10-23(11-7-17)37(34,35)36-22-12-18-4-2-3-5-24(18)21(13-22)16-31-25-15-20(27(29)30)9-8-19(25)14-26(31)28(32)33/h2-15,27H,16,29-30H2,1H3,(H,32,33). The molecule has 0 aliphatic heterocycles. The van der Waals surface area contributed by atoms with Crippen LogP contribution in [0, 0.1) is 6.92 Å². The fourth-order valence-electron chi connectivity index (χ4n) is 4.42. The third kappa shape index (κ3) is 4.79. The summed E-state index contributed by atoms with van der Waals surface area (Å²) in [5, 5.41) is 12.2. The fourth-order valence-corrected chi connectivity index (χ4v) is 5.33. The van der Waals surface area contributed by atoms with E-state index in [-0.39, 0.29) is 22.9 Å². The zero-order chi connectivity index (χ0) is 26.3. The van der Waals surface area contributed by atoms with E-state index in [2.05, 4.69) is 0 Å². The number of carboxylic acids is 1. The zero-order valence-electron chi connectivity index (χ0n) is 20.0. The number of hydrogen-bond donors (Lipinski definition) is 3. The molecule has 1 heterocycles. The molecular weight excluding hydrogens is 490 g/mol. The van der Waals surface area contributed by atoms with Crippen molar-refractivity contribution >= 4 is 37.8 Å². The van der Waals surface area contributed by atoms with Crippen molar-refractivity contribution in [2.45, 2.75) is 24.5 Å². The number of carbonyl (C=O) groups is 1. The Labute approximate surface area is 213 Å². The summed E-state index contributed by atoms with van der Waals surface area (Å²) in [6, 6.07) is 24.1. The lowest BCUT2D eigenvalue weighted by atomic mass is 10.0. The van der Waals surface area contributed by atoms with Gasteiger partial charge in [0.2, 0.25) is 0 Å². The van der Waals surface area contributed by atoms with E-state index in [1.54, 1.807) is 53.1 Å². The largest absolute Gasteiger partial charge is 0.477 e. The fraction of sp³-hybridized carbons (Fsp3) is 0.107. The van der Waals surface area contributed by atoms with E-state index in [0.29, 0.717) is 16.6 Å². The Bertz CT molecular complexity index is 1760. The first-order chi connectivity index (χ1) is 17.6. The SMILES string of the molecule is Cc1ccc(S(=O)(=O)Oc2cc(Cn3c(C(=O)O)cc4ccc(C(N)N)cc43)c3ccccc3c2)cc1. The minimum Gasteiger partial charge on any atom is -0.477 e. The van der Waals surface area contributed by atoms with Gasteiger partial charge in [-0.3, -0.25) is 0 Å². The van der Waals surface area contributed by atoms with Gasteiger partial charge in [-0.25, -0.2) is 4.79 Å². The van der Waals surface area contributed by atoms with Crippen molar-refractivity contribution in [1.29, 1.82) is 0 Å². The highest BCUT2D eigenvalue weighted by atomic mass is 32.2. The molecule has 0 amide bonds. The number of aryl methyl sites for hydroxylation is 1. The van der Waals surface area contributed by atoms with Gasteiger partial charge in [0.15, 0.2) is 0 Å². The van der Waals surface area contributed by atoms with Crippen molar-refractivity contribution in [1.82, 2.24) is 4.57 Å². The Morgan fingerprint density at radius 1 is 0.946 bits per heavy atom. The minimum absolute atomic E-state index is 0.0445. The molecule has 5 rings (SSSR count). The molecule has 188 valence electrons. The van der Waals surface area contributed by atoms with Crippen LogP contribution in [0.4, 0.5) is 0 Å². The maximum absolute atomic E-state index is 13.0. The van der Waals surface area contributed by atoms with E-state index in [1.165, 1.54) is 12.1 Å². The van der Waals surface area contributed by atoms with Crippen LogP contribution < -0.4 is 15.7 Å². The molecule has 0 radical (unpaired) electrons. The van der Waals surface area contributed by atoms with Crippen LogP contribution in [-0.2, 0) is 16.7 Å². The van der Waals surface area contributed by atoms with Crippen LogP contribution in [-0.4, -0.2) is 24.1 Å². The van der Waals surface area contributed by atoms with Crippen molar-refractivity contribution in [2.24, 2.45) is 11.5 Å². The number of rotatable bonds is 7. The molecule has 1 aromatic heterocycles. The summed E-state index contributed by atoms with van der Waals surface area (Å²) in [4.78, 5) is 12.2. The second-order valence-corrected chi connectivity index (χ2v) is 10.5. The molecule has 0 atom stereocenters. The Morgan fingerprint density at radius 3 is 2.38 bits per heavy atom. The van der Waals surface area contributed by atoms with Crippen LogP contribution in [0.1, 0.15) is 33.3 Å². The van der Waals surface area contributed by atoms with E-state index >= 15 is 0 Å². The van der Waals surface area contributed by atoms with Gasteiger partial charge < -0.3 is 25.3 Å². The first kappa shape index (κ1) is 24.5. The van der Waals surface area contributed by atoms with Gasteiger partial charge in [-0.05, 0) is 65.2 Å². The van der Waals surface area contributed by atoms with Gasteiger partial charge in [-0.1, -0.05) is 54.1 Å². The summed E-state index contributed by atoms with van der Waals surface area (Å²) in [5.41, 5.74) is 14.7. The lowest BCUT2D eigenvalue weighted by Gasteiger charge is -2.15. The minimum atomic E-state index is -4.08. The van der Waals surface area contributed by atoms with Crippen molar-refractivity contribution in [3.63, 3.8) is 0 Å². The van der Waals surface area contributed by atoms with Gasteiger partial charge in [-0.15, -0.1) is 0 Å². The van der Waals surface area contributed by atoms with E-state index in [9.17, 15) is 18.3 Å². The highest BCUT2D eigenvalue weighted by Gasteiger charge is 2.20. The van der Waals surface area contributed by atoms with Crippen LogP contribution in [0.5, 0.6) is 5.75 Å². The van der Waals surface area contributed by atoms with Crippen LogP contribution in [0.2, 0.25) is 0 Å². The van der Waals surface area contributed by atoms with Crippen LogP contribution in [0.25, 0.3) is 21.7 Å². The van der Waals surface area contributed by atoms with E-state index in [1.807, 2.05) is 31.2 Å². The quantitative estimate of drug-likeness (QED) is 0.214. The third-order valence-electron chi connectivity index (χ3n) is 6.30. The van der Waals surface area contributed by atoms with Crippen molar-refractivity contribution in [3.8, 4) is 5.75 Å². The number of benzene rings is 4. The number of carboxylic acid groups (broad SMARTS) is 1. The average Bonchev–Trinajstić information content (AvgIpc) is 3.22. The number of fused-ring (bicyclic) bond motifs is 2. The maximum atomic E-state index is 13.0. The van der Waals surface area contributed by atoms with Crippen LogP contribution in [0.3, 0.4) is 0 Å². The Balaban J connectivity index is 1.63. The van der Waals surface area contributed by atoms with E-state index in [0.717, 1.165) is 21.7 Å². The molecule has 37 heavy (non-hydrogen) atoms. The number of hydrogen-bond acceptors (Lipinski definition) is 6. The number of nitrogens with zero attached hydrogens (tertiary/aromatic N) is 1. The second-order valence-electron chi connectivity index (χ2n) is 8.92. The van der Waals surface area contributed by atoms with Crippen LogP contribution >= 0.6 is 0 Å². The summed E-state index contributed by atoms with van der Waals surface area (Å²) in [7, 11) is -4.08. The second kappa shape index (κ2) is 9.36. The normalized spacial score (nSPS) is 11.9. The Morgan fingerprint density at radius 2 is 1.68 bits per heavy atom. The predicted octanol–water partition coefficient (Wildman–Crippen LogP) is 4.53. The van der Waals surface area contributed by atoms with Crippen molar-refractivity contribution in [2.75, 3.05) is 0 Å². The summed E-state index contributed by atoms with van der Waals surface area (Å²) in [6.45, 7) is 2.02. The summed E-state index contributed by atoms with van der Waals surface area (Å²) in [5.74, 6) is -0.958. The van der Waals surface area contributed by atoms with Gasteiger partial charge in [0.1, 0.15) is 16.3 Å². The topological polar surface area (TPSA) is 138 Å². The molecule has 5 N–H and O–H groups in total. The van der Waals surface area contributed by atoms with Crippen molar-refractivity contribution < 1.29 is 22.5 Å². The molecule has 8 nitrogen and oxygen atoms in total. The molecule has 9 heteroatoms. The molecule has 0 bridgehead atoms. The van der Waals surface area contributed by atoms with Gasteiger partial charge in [0.05, 0.1) is 6.17 Å². The molecule has 0 saturated carbocycles. The first-order valence-electron chi connectivity index (χ1n) is 11.5. The van der Waals surface area contributed by atoms with E-state index < -0.39 is 22.3 Å². The van der Waals surface area contributed by atoms with Crippen LogP contribution in [0.15, 0.2) is 89.8 Å². The average molecular weight is 516 g/mol. The molecule has 0 aliphatic rings. The molecule has 0 unspecified atom stereocenters. The first-order valence-corrected chi connectivity index (χ1v) is 12.9. The lowest BCUT2D eigenvalue weighted by molar-refractivity contribution is 0.0686. The number of aromatic nitrogens is 1. The number of aromatic carboxylic acids is 1. The molecule has 0 aliphatic carbocycles. The number of nitrogens with two attached hydrogens (primary N) is 2. The highest BCUT2D eigenvalue weighted by Crippen LogP contribution is 2.31. The smallest absolute Gasteiger partial charge is 0.352 e. The molecule has 5 aromatic rings. The lowest BCUT2D eigenvalue weighted by Crippen LogP contribution is -2.20. The maximum Gasteiger partial charge on any atom is 0.352 e. The van der Waals surface area contributed by atoms with Gasteiger partial charge >= 0.3 is 16.1 Å². The summed E-state index contributed by atoms with van der Waals surface area (Å²) < 4.78 is 33.1. The van der Waals surface area contributed by atoms with Crippen molar-refractivity contribution in [3.05, 3.63) is 107 Å². The molecule has 0 fully saturated rings. The molecule has 0 spiro atoms. The van der Waals surface area contributed by atoms with Gasteiger partial charge in [-0.2, -0.15) is 8.42 Å². The molecule has 4 aromatic carbocycles. The van der Waals surface area contributed by atoms with Gasteiger partial charge in [0, 0.05) is 17.4 Å². The predicted molar refractivity (Wildman–Crippen MR) is 142 cm³/mol. The summed E-state index contributed by atoms with van der Waals surface area (Å²) >= 11 is 0. The Hall–Kier alpha value is -4.18. The van der Waals surface area contributed by atoms with Gasteiger partial charge in [0.25, 0.3) is 0 Å². The highest BCUT2D eigenvalue weighted by molar-refractivity contribution is 7.87. The monoisotopic (exact) mass is 515 g/mol. The summed E-state index contributed by atoms with van der Waals surface area (Å²) in [6.07, 6.45) is -0.717. The zero-order valence-corrected chi connectivity index (χ0v) is 20.8. The van der Waals surface area contributed by atoms with E-state index in [4.69, 9.17) is 15.7 Å².